The summed E-state index contributed by atoms with van der Waals surface area (Å²) >= 11 is 0. The summed E-state index contributed by atoms with van der Waals surface area (Å²) in [6.45, 7) is 2.58. The van der Waals surface area contributed by atoms with E-state index in [1.807, 2.05) is 13.0 Å². The van der Waals surface area contributed by atoms with Crippen molar-refractivity contribution in [3.8, 4) is 17.2 Å². The summed E-state index contributed by atoms with van der Waals surface area (Å²) in [6, 6.07) is 10.3. The van der Waals surface area contributed by atoms with Crippen LogP contribution in [0.5, 0.6) is 17.2 Å². The van der Waals surface area contributed by atoms with Crippen molar-refractivity contribution < 1.29 is 17.9 Å². The Bertz CT molecular complexity index is 1480. The van der Waals surface area contributed by atoms with E-state index in [9.17, 15) is 13.2 Å². The summed E-state index contributed by atoms with van der Waals surface area (Å²) in [5.74, 6) is 1.34. The lowest BCUT2D eigenvalue weighted by Gasteiger charge is -2.15. The van der Waals surface area contributed by atoms with Gasteiger partial charge in [0, 0.05) is 39.5 Å². The average molecular weight is 472 g/mol. The maximum absolute atomic E-state index is 13.0. The number of sulfonamides is 1. The summed E-state index contributed by atoms with van der Waals surface area (Å²) in [5.41, 5.74) is 1.10. The molecule has 4 rings (SSSR count). The molecule has 0 aliphatic rings. The zero-order valence-electron chi connectivity index (χ0n) is 18.8. The molecular formula is C22H25N5O5S. The fourth-order valence-corrected chi connectivity index (χ4v) is 4.45. The second-order valence-corrected chi connectivity index (χ2v) is 9.30. The molecule has 0 saturated carbocycles. The SMILES string of the molecule is CCCOc1cccc(Oc2cc3c(cc2NS(=O)(=O)c2cnn(C)c2)n(C)c(=O)n3C)c1. The summed E-state index contributed by atoms with van der Waals surface area (Å²) in [5, 5.41) is 3.93. The molecular weight excluding hydrogens is 446 g/mol. The summed E-state index contributed by atoms with van der Waals surface area (Å²) < 4.78 is 44.6. The number of hydrogen-bond donors (Lipinski definition) is 1. The lowest BCUT2D eigenvalue weighted by Crippen LogP contribution is -2.19. The first-order valence-electron chi connectivity index (χ1n) is 10.3. The van der Waals surface area contributed by atoms with E-state index >= 15 is 0 Å². The Morgan fingerprint density at radius 1 is 1.03 bits per heavy atom. The molecule has 0 aliphatic carbocycles. The lowest BCUT2D eigenvalue weighted by atomic mass is 10.2. The van der Waals surface area contributed by atoms with Gasteiger partial charge in [0.25, 0.3) is 10.0 Å². The van der Waals surface area contributed by atoms with E-state index in [0.717, 1.165) is 6.42 Å². The van der Waals surface area contributed by atoms with Crippen molar-refractivity contribution in [1.82, 2.24) is 18.9 Å². The topological polar surface area (TPSA) is 109 Å². The predicted octanol–water partition coefficient (Wildman–Crippen LogP) is 2.99. The van der Waals surface area contributed by atoms with Gasteiger partial charge in [-0.25, -0.2) is 13.2 Å². The van der Waals surface area contributed by atoms with Crippen LogP contribution in [-0.2, 0) is 31.2 Å². The van der Waals surface area contributed by atoms with Gasteiger partial charge in [-0.1, -0.05) is 13.0 Å². The highest BCUT2D eigenvalue weighted by Gasteiger charge is 2.21. The van der Waals surface area contributed by atoms with Crippen molar-refractivity contribution >= 4 is 26.7 Å². The number of anilines is 1. The molecule has 11 heteroatoms. The molecule has 4 aromatic rings. The molecule has 0 amide bonds. The third-order valence-electron chi connectivity index (χ3n) is 5.12. The van der Waals surface area contributed by atoms with Crippen LogP contribution in [0.3, 0.4) is 0 Å². The second-order valence-electron chi connectivity index (χ2n) is 7.62. The summed E-state index contributed by atoms with van der Waals surface area (Å²) in [7, 11) is 0.958. The molecule has 0 bridgehead atoms. The molecule has 0 unspecified atom stereocenters. The predicted molar refractivity (Wildman–Crippen MR) is 124 cm³/mol. The molecule has 1 N–H and O–H groups in total. The molecule has 2 heterocycles. The molecule has 10 nitrogen and oxygen atoms in total. The van der Waals surface area contributed by atoms with Gasteiger partial charge in [-0.2, -0.15) is 5.10 Å². The zero-order chi connectivity index (χ0) is 23.8. The van der Waals surface area contributed by atoms with Gasteiger partial charge in [0.1, 0.15) is 16.4 Å². The fraction of sp³-hybridized carbons (Fsp3) is 0.273. The van der Waals surface area contributed by atoms with Crippen LogP contribution in [-0.4, -0.2) is 33.9 Å². The van der Waals surface area contributed by atoms with Gasteiger partial charge < -0.3 is 9.47 Å². The van der Waals surface area contributed by atoms with E-state index in [0.29, 0.717) is 29.1 Å². The van der Waals surface area contributed by atoms with Gasteiger partial charge in [-0.3, -0.25) is 18.5 Å². The van der Waals surface area contributed by atoms with Crippen molar-refractivity contribution in [2.24, 2.45) is 21.1 Å². The van der Waals surface area contributed by atoms with E-state index in [1.54, 1.807) is 51.5 Å². The maximum atomic E-state index is 13.0. The monoisotopic (exact) mass is 471 g/mol. The molecule has 0 atom stereocenters. The van der Waals surface area contributed by atoms with Gasteiger partial charge >= 0.3 is 5.69 Å². The van der Waals surface area contributed by atoms with Crippen LogP contribution in [0.1, 0.15) is 13.3 Å². The molecule has 0 spiro atoms. The molecule has 0 radical (unpaired) electrons. The minimum absolute atomic E-state index is 0.00737. The Balaban J connectivity index is 1.80. The summed E-state index contributed by atoms with van der Waals surface area (Å²) in [4.78, 5) is 12.4. The number of imidazole rings is 1. The molecule has 2 aromatic carbocycles. The van der Waals surface area contributed by atoms with Crippen LogP contribution in [0, 0.1) is 0 Å². The first kappa shape index (κ1) is 22.5. The van der Waals surface area contributed by atoms with Crippen molar-refractivity contribution in [2.45, 2.75) is 18.2 Å². The number of hydrogen-bond acceptors (Lipinski definition) is 6. The van der Waals surface area contributed by atoms with E-state index in [2.05, 4.69) is 9.82 Å². The van der Waals surface area contributed by atoms with Gasteiger partial charge in [-0.05, 0) is 24.6 Å². The third kappa shape index (κ3) is 4.44. The Morgan fingerprint density at radius 2 is 1.73 bits per heavy atom. The van der Waals surface area contributed by atoms with E-state index in [1.165, 1.54) is 26.2 Å². The number of aryl methyl sites for hydroxylation is 3. The van der Waals surface area contributed by atoms with Crippen LogP contribution in [0.4, 0.5) is 5.69 Å². The second kappa shape index (κ2) is 8.66. The highest BCUT2D eigenvalue weighted by Crippen LogP contribution is 2.35. The first-order chi connectivity index (χ1) is 15.7. The maximum Gasteiger partial charge on any atom is 0.328 e. The normalized spacial score (nSPS) is 11.6. The Hall–Kier alpha value is -3.73. The highest BCUT2D eigenvalue weighted by atomic mass is 32.2. The van der Waals surface area contributed by atoms with E-state index in [4.69, 9.17) is 9.47 Å². The fourth-order valence-electron chi connectivity index (χ4n) is 3.41. The lowest BCUT2D eigenvalue weighted by molar-refractivity contribution is 0.316. The van der Waals surface area contributed by atoms with Crippen molar-refractivity contribution in [2.75, 3.05) is 11.3 Å². The molecule has 0 aliphatic heterocycles. The zero-order valence-corrected chi connectivity index (χ0v) is 19.6. The van der Waals surface area contributed by atoms with Crippen molar-refractivity contribution in [3.63, 3.8) is 0 Å². The third-order valence-corrected chi connectivity index (χ3v) is 6.44. The molecule has 174 valence electrons. The van der Waals surface area contributed by atoms with Crippen molar-refractivity contribution in [1.29, 1.82) is 0 Å². The number of aromatic nitrogens is 4. The quantitative estimate of drug-likeness (QED) is 0.423. The van der Waals surface area contributed by atoms with Gasteiger partial charge in [0.15, 0.2) is 5.75 Å². The largest absolute Gasteiger partial charge is 0.493 e. The average Bonchev–Trinajstić information content (AvgIpc) is 3.31. The minimum atomic E-state index is -3.94. The number of nitrogens with zero attached hydrogens (tertiary/aromatic N) is 4. The number of ether oxygens (including phenoxy) is 2. The molecule has 33 heavy (non-hydrogen) atoms. The molecule has 0 saturated heterocycles. The van der Waals surface area contributed by atoms with Crippen LogP contribution in [0.15, 0.2) is 58.5 Å². The van der Waals surface area contributed by atoms with Crippen molar-refractivity contribution in [3.05, 3.63) is 59.3 Å². The smallest absolute Gasteiger partial charge is 0.328 e. The van der Waals surface area contributed by atoms with Gasteiger partial charge in [0.2, 0.25) is 0 Å². The minimum Gasteiger partial charge on any atom is -0.493 e. The Labute approximate surface area is 191 Å². The number of benzene rings is 2. The van der Waals surface area contributed by atoms with E-state index < -0.39 is 10.0 Å². The van der Waals surface area contributed by atoms with Crippen LogP contribution >= 0.6 is 0 Å². The Morgan fingerprint density at radius 3 is 2.39 bits per heavy atom. The summed E-state index contributed by atoms with van der Waals surface area (Å²) in [6.07, 6.45) is 3.52. The van der Waals surface area contributed by atoms with Gasteiger partial charge in [-0.15, -0.1) is 0 Å². The van der Waals surface area contributed by atoms with Crippen LogP contribution in [0.2, 0.25) is 0 Å². The molecule has 2 aromatic heterocycles. The van der Waals surface area contributed by atoms with Crippen LogP contribution < -0.4 is 19.9 Å². The van der Waals surface area contributed by atoms with E-state index in [-0.39, 0.29) is 22.0 Å². The molecule has 0 fully saturated rings. The first-order valence-corrected chi connectivity index (χ1v) is 11.8. The highest BCUT2D eigenvalue weighted by molar-refractivity contribution is 7.92. The number of rotatable bonds is 8. The Kier molecular flexibility index (Phi) is 5.90. The number of fused-ring (bicyclic) bond motifs is 1. The van der Waals surface area contributed by atoms with Crippen LogP contribution in [0.25, 0.3) is 11.0 Å². The standard InChI is InChI=1S/C22H25N5O5S/c1-5-9-31-15-7-6-8-16(10-15)32-21-12-20-19(26(3)22(28)27(20)4)11-18(21)24-33(29,30)17-13-23-25(2)14-17/h6-8,10-14,24H,5,9H2,1-4H3. The number of nitrogens with one attached hydrogen (secondary N) is 1. The van der Waals surface area contributed by atoms with Gasteiger partial charge in [0.05, 0.1) is 29.5 Å².